The van der Waals surface area contributed by atoms with Gasteiger partial charge >= 0.3 is 23.9 Å². The van der Waals surface area contributed by atoms with E-state index in [0.717, 1.165) is 19.3 Å². The summed E-state index contributed by atoms with van der Waals surface area (Å²) >= 11 is 0. The van der Waals surface area contributed by atoms with E-state index >= 15 is 0 Å². The first-order chi connectivity index (χ1) is 11.3. The summed E-state index contributed by atoms with van der Waals surface area (Å²) < 4.78 is 14.9. The lowest BCUT2D eigenvalue weighted by molar-refractivity contribution is -0.330. The van der Waals surface area contributed by atoms with Gasteiger partial charge in [-0.15, -0.1) is 13.2 Å². The van der Waals surface area contributed by atoms with Crippen molar-refractivity contribution in [1.82, 2.24) is 0 Å². The molecule has 0 aliphatic heterocycles. The van der Waals surface area contributed by atoms with Gasteiger partial charge in [-0.1, -0.05) is 45.4 Å². The fourth-order valence-corrected chi connectivity index (χ4v) is 2.17. The molecule has 24 heavy (non-hydrogen) atoms. The lowest BCUT2D eigenvalue weighted by atomic mass is 10.1. The normalized spacial score (nSPS) is 10.2. The molecule has 0 amide bonds. The molecule has 0 spiro atoms. The molecular weight excluding hydrogens is 312 g/mol. The Hall–Kier alpha value is -1.85. The van der Waals surface area contributed by atoms with Crippen LogP contribution in [0.3, 0.4) is 0 Å². The first-order valence-corrected chi connectivity index (χ1v) is 8.40. The van der Waals surface area contributed by atoms with E-state index in [4.69, 9.17) is 14.2 Å². The first-order valence-electron chi connectivity index (χ1n) is 8.40. The molecule has 0 atom stereocenters. The van der Waals surface area contributed by atoms with Crippen molar-refractivity contribution in [3.63, 3.8) is 0 Å². The van der Waals surface area contributed by atoms with Gasteiger partial charge in [-0.05, 0) is 6.42 Å². The van der Waals surface area contributed by atoms with E-state index in [1.165, 1.54) is 40.0 Å². The summed E-state index contributed by atoms with van der Waals surface area (Å²) in [5, 5.41) is 0. The molecule has 0 aliphatic carbocycles. The van der Waals surface area contributed by atoms with Crippen molar-refractivity contribution in [3.8, 4) is 0 Å². The summed E-state index contributed by atoms with van der Waals surface area (Å²) in [6, 6.07) is 0. The molecule has 0 radical (unpaired) electrons. The number of rotatable bonds is 11. The molecule has 0 heterocycles. The molecule has 0 aromatic carbocycles. The fourth-order valence-electron chi connectivity index (χ4n) is 2.17. The van der Waals surface area contributed by atoms with E-state index in [1.807, 2.05) is 0 Å². The summed E-state index contributed by atoms with van der Waals surface area (Å²) in [7, 11) is 0. The van der Waals surface area contributed by atoms with E-state index in [1.54, 1.807) is 0 Å². The van der Waals surface area contributed by atoms with Crippen molar-refractivity contribution >= 4 is 17.9 Å². The zero-order valence-corrected chi connectivity index (χ0v) is 15.5. The van der Waals surface area contributed by atoms with Gasteiger partial charge in [0.1, 0.15) is 0 Å². The average molecular weight is 344 g/mol. The van der Waals surface area contributed by atoms with Crippen molar-refractivity contribution in [2.24, 2.45) is 0 Å². The monoisotopic (exact) mass is 344 g/mol. The van der Waals surface area contributed by atoms with Crippen molar-refractivity contribution in [1.29, 1.82) is 0 Å². The second-order valence-electron chi connectivity index (χ2n) is 5.34. The quantitative estimate of drug-likeness (QED) is 0.241. The van der Waals surface area contributed by atoms with E-state index in [2.05, 4.69) is 20.1 Å². The molecule has 0 aliphatic rings. The maximum absolute atomic E-state index is 11.2. The third kappa shape index (κ3) is 13.8. The zero-order valence-electron chi connectivity index (χ0n) is 15.5. The minimum atomic E-state index is -1.94. The Balaban J connectivity index is 0. The molecule has 140 valence electrons. The topological polar surface area (TPSA) is 78.9 Å². The van der Waals surface area contributed by atoms with Crippen LogP contribution in [0.25, 0.3) is 0 Å². The van der Waals surface area contributed by atoms with Gasteiger partial charge in [0.25, 0.3) is 0 Å². The van der Waals surface area contributed by atoms with Gasteiger partial charge in [-0.25, -0.2) is 0 Å². The Morgan fingerprint density at radius 2 is 1.04 bits per heavy atom. The standard InChI is InChI=1S/C16H28O6.C2H4/c1-5-6-7-8-9-10-11-12-16(20-13(2)17,21-14(3)18)22-15(4)19;1-2/h5-12H2,1-4H3;1-2H2. The Morgan fingerprint density at radius 1 is 0.708 bits per heavy atom. The molecular formula is C18H32O6. The highest BCUT2D eigenvalue weighted by atomic mass is 16.9. The van der Waals surface area contributed by atoms with Gasteiger partial charge < -0.3 is 14.2 Å². The van der Waals surface area contributed by atoms with E-state index in [-0.39, 0.29) is 6.42 Å². The molecule has 0 fully saturated rings. The van der Waals surface area contributed by atoms with Gasteiger partial charge in [0.15, 0.2) is 0 Å². The summed E-state index contributed by atoms with van der Waals surface area (Å²) in [4.78, 5) is 33.7. The van der Waals surface area contributed by atoms with Crippen LogP contribution in [0.15, 0.2) is 13.2 Å². The summed E-state index contributed by atoms with van der Waals surface area (Å²) in [6.07, 6.45) is 7.42. The lowest BCUT2D eigenvalue weighted by Gasteiger charge is -2.30. The zero-order chi connectivity index (χ0) is 19.0. The van der Waals surface area contributed by atoms with Gasteiger partial charge in [0, 0.05) is 20.8 Å². The Labute approximate surface area is 145 Å². The highest BCUT2D eigenvalue weighted by molar-refractivity contribution is 5.70. The van der Waals surface area contributed by atoms with Crippen LogP contribution in [-0.4, -0.2) is 23.9 Å². The molecule has 6 heteroatoms. The largest absolute Gasteiger partial charge is 0.423 e. The third-order valence-corrected chi connectivity index (χ3v) is 2.98. The van der Waals surface area contributed by atoms with E-state index in [9.17, 15) is 14.4 Å². The molecule has 0 saturated carbocycles. The Morgan fingerprint density at radius 3 is 1.38 bits per heavy atom. The number of carbonyl (C=O) groups excluding carboxylic acids is 3. The van der Waals surface area contributed by atoms with Crippen LogP contribution in [0, 0.1) is 0 Å². The van der Waals surface area contributed by atoms with Crippen molar-refractivity contribution < 1.29 is 28.6 Å². The van der Waals surface area contributed by atoms with Gasteiger partial charge in [0.2, 0.25) is 0 Å². The number of hydrogen-bond acceptors (Lipinski definition) is 6. The van der Waals surface area contributed by atoms with Crippen molar-refractivity contribution in [2.75, 3.05) is 0 Å². The van der Waals surface area contributed by atoms with Crippen LogP contribution in [0.5, 0.6) is 0 Å². The van der Waals surface area contributed by atoms with Crippen molar-refractivity contribution in [2.45, 2.75) is 85.0 Å². The van der Waals surface area contributed by atoms with Crippen LogP contribution in [0.4, 0.5) is 0 Å². The molecule has 0 rings (SSSR count). The smallest absolute Gasteiger partial charge is 0.388 e. The highest BCUT2D eigenvalue weighted by Crippen LogP contribution is 2.25. The molecule has 6 nitrogen and oxygen atoms in total. The van der Waals surface area contributed by atoms with Crippen LogP contribution in [-0.2, 0) is 28.6 Å². The summed E-state index contributed by atoms with van der Waals surface area (Å²) in [5.74, 6) is -3.96. The van der Waals surface area contributed by atoms with Gasteiger partial charge in [-0.2, -0.15) is 0 Å². The average Bonchev–Trinajstić information content (AvgIpc) is 2.46. The van der Waals surface area contributed by atoms with E-state index in [0.29, 0.717) is 6.42 Å². The molecule has 0 N–H and O–H groups in total. The van der Waals surface area contributed by atoms with Crippen LogP contribution in [0.1, 0.15) is 79.1 Å². The fraction of sp³-hybridized carbons (Fsp3) is 0.722. The summed E-state index contributed by atoms with van der Waals surface area (Å²) in [5.41, 5.74) is 0. The molecule has 0 aromatic rings. The van der Waals surface area contributed by atoms with Crippen molar-refractivity contribution in [3.05, 3.63) is 13.2 Å². The van der Waals surface area contributed by atoms with Crippen LogP contribution in [0.2, 0.25) is 0 Å². The molecule has 0 bridgehead atoms. The third-order valence-electron chi connectivity index (χ3n) is 2.98. The molecule has 0 saturated heterocycles. The number of unbranched alkanes of at least 4 members (excludes halogenated alkanes) is 6. The Bertz CT molecular complexity index is 337. The summed E-state index contributed by atoms with van der Waals surface area (Å²) in [6.45, 7) is 11.7. The lowest BCUT2D eigenvalue weighted by Crippen LogP contribution is -2.43. The number of hydrogen-bond donors (Lipinski definition) is 0. The Kier molecular flexibility index (Phi) is 15.0. The predicted octanol–water partition coefficient (Wildman–Crippen LogP) is 4.27. The number of ether oxygens (including phenoxy) is 3. The van der Waals surface area contributed by atoms with E-state index < -0.39 is 23.9 Å². The first kappa shape index (κ1) is 24.4. The minimum absolute atomic E-state index is 0.138. The van der Waals surface area contributed by atoms with Crippen LogP contribution >= 0.6 is 0 Å². The number of carbonyl (C=O) groups is 3. The second kappa shape index (κ2) is 14.7. The second-order valence-corrected chi connectivity index (χ2v) is 5.34. The highest BCUT2D eigenvalue weighted by Gasteiger charge is 2.41. The van der Waals surface area contributed by atoms with Gasteiger partial charge in [-0.3, -0.25) is 14.4 Å². The SMILES string of the molecule is C=C.CCCCCCCCCC(OC(C)=O)(OC(C)=O)OC(C)=O. The minimum Gasteiger partial charge on any atom is -0.388 e. The molecule has 0 unspecified atom stereocenters. The maximum atomic E-state index is 11.2. The van der Waals surface area contributed by atoms with Crippen LogP contribution < -0.4 is 0 Å². The predicted molar refractivity (Wildman–Crippen MR) is 91.9 cm³/mol. The van der Waals surface area contributed by atoms with Gasteiger partial charge in [0.05, 0.1) is 6.42 Å². The number of esters is 3. The maximum Gasteiger partial charge on any atom is 0.423 e. The molecule has 0 aromatic heterocycles.